The summed E-state index contributed by atoms with van der Waals surface area (Å²) in [6, 6.07) is 7.66. The molecule has 0 saturated carbocycles. The van der Waals surface area contributed by atoms with Gasteiger partial charge in [-0.2, -0.15) is 0 Å². The number of sulfonamides is 1. The summed E-state index contributed by atoms with van der Waals surface area (Å²) in [6.07, 6.45) is 0. The molecule has 0 radical (unpaired) electrons. The van der Waals surface area contributed by atoms with Crippen molar-refractivity contribution in [3.63, 3.8) is 0 Å². The normalized spacial score (nSPS) is 11.2. The van der Waals surface area contributed by atoms with E-state index in [2.05, 4.69) is 4.72 Å². The van der Waals surface area contributed by atoms with E-state index in [4.69, 9.17) is 22.1 Å². The highest BCUT2D eigenvalue weighted by atomic mass is 35.5. The first-order valence-corrected chi connectivity index (χ1v) is 7.61. The quantitative estimate of drug-likeness (QED) is 0.845. The van der Waals surface area contributed by atoms with Gasteiger partial charge in [-0.1, -0.05) is 11.6 Å². The lowest BCUT2D eigenvalue weighted by molar-refractivity contribution is 0.387. The van der Waals surface area contributed by atoms with Gasteiger partial charge in [0.15, 0.2) is 11.6 Å². The molecule has 0 amide bonds. The topological polar surface area (TPSA) is 81.4 Å². The summed E-state index contributed by atoms with van der Waals surface area (Å²) in [5.41, 5.74) is 5.83. The van der Waals surface area contributed by atoms with Gasteiger partial charge in [0, 0.05) is 11.1 Å². The zero-order valence-electron chi connectivity index (χ0n) is 10.9. The van der Waals surface area contributed by atoms with Gasteiger partial charge >= 0.3 is 0 Å². The molecular formula is C13H12ClFN2O3S. The minimum Gasteiger partial charge on any atom is -0.494 e. The standard InChI is InChI=1S/C13H12ClFN2O3S/c1-20-12-7-9(3-4-10(12)15)17-21(18,19)13-5-2-8(14)6-11(13)16/h2-7,17H,16H2,1H3. The second kappa shape index (κ2) is 5.79. The van der Waals surface area contributed by atoms with Gasteiger partial charge in [-0.05, 0) is 30.3 Å². The van der Waals surface area contributed by atoms with Crippen LogP contribution < -0.4 is 15.2 Å². The third-order valence-corrected chi connectivity index (χ3v) is 4.36. The zero-order chi connectivity index (χ0) is 15.6. The minimum absolute atomic E-state index is 0.0177. The molecule has 0 unspecified atom stereocenters. The predicted octanol–water partition coefficient (Wildman–Crippen LogP) is 2.87. The predicted molar refractivity (Wildman–Crippen MR) is 79.6 cm³/mol. The van der Waals surface area contributed by atoms with Crippen LogP contribution in [0.25, 0.3) is 0 Å². The summed E-state index contributed by atoms with van der Waals surface area (Å²) in [5, 5.41) is 0.329. The molecule has 112 valence electrons. The Bertz CT molecular complexity index is 781. The molecule has 0 fully saturated rings. The molecule has 0 aromatic heterocycles. The van der Waals surface area contributed by atoms with Crippen molar-refractivity contribution >= 4 is 33.0 Å². The van der Waals surface area contributed by atoms with Crippen LogP contribution in [0.4, 0.5) is 15.8 Å². The molecule has 5 nitrogen and oxygen atoms in total. The maximum atomic E-state index is 13.3. The Morgan fingerprint density at radius 1 is 1.24 bits per heavy atom. The van der Waals surface area contributed by atoms with E-state index in [-0.39, 0.29) is 22.0 Å². The fourth-order valence-corrected chi connectivity index (χ4v) is 3.04. The molecule has 21 heavy (non-hydrogen) atoms. The summed E-state index contributed by atoms with van der Waals surface area (Å²) in [6.45, 7) is 0. The van der Waals surface area contributed by atoms with Crippen LogP contribution in [-0.2, 0) is 10.0 Å². The Hall–Kier alpha value is -1.99. The van der Waals surface area contributed by atoms with Gasteiger partial charge in [-0.3, -0.25) is 4.72 Å². The highest BCUT2D eigenvalue weighted by molar-refractivity contribution is 7.92. The first kappa shape index (κ1) is 15.4. The lowest BCUT2D eigenvalue weighted by Gasteiger charge is -2.11. The van der Waals surface area contributed by atoms with Gasteiger partial charge in [0.05, 0.1) is 18.5 Å². The van der Waals surface area contributed by atoms with E-state index < -0.39 is 15.8 Å². The highest BCUT2D eigenvalue weighted by Crippen LogP contribution is 2.27. The van der Waals surface area contributed by atoms with E-state index in [1.807, 2.05) is 0 Å². The largest absolute Gasteiger partial charge is 0.494 e. The minimum atomic E-state index is -3.91. The average molecular weight is 331 g/mol. The van der Waals surface area contributed by atoms with Gasteiger partial charge in [-0.15, -0.1) is 0 Å². The number of halogens is 2. The first-order valence-electron chi connectivity index (χ1n) is 5.75. The monoisotopic (exact) mass is 330 g/mol. The Morgan fingerprint density at radius 3 is 2.57 bits per heavy atom. The van der Waals surface area contributed by atoms with Crippen molar-refractivity contribution in [3.05, 3.63) is 47.2 Å². The van der Waals surface area contributed by atoms with E-state index in [9.17, 15) is 12.8 Å². The van der Waals surface area contributed by atoms with Gasteiger partial charge in [0.25, 0.3) is 10.0 Å². The summed E-state index contributed by atoms with van der Waals surface area (Å²) in [5.74, 6) is -0.661. The molecular weight excluding hydrogens is 319 g/mol. The lowest BCUT2D eigenvalue weighted by Crippen LogP contribution is -2.14. The second-order valence-electron chi connectivity index (χ2n) is 4.14. The number of ether oxygens (including phenoxy) is 1. The SMILES string of the molecule is COc1cc(NS(=O)(=O)c2ccc(Cl)cc2N)ccc1F. The molecule has 8 heteroatoms. The molecule has 0 atom stereocenters. The van der Waals surface area contributed by atoms with Crippen LogP contribution in [0.15, 0.2) is 41.3 Å². The van der Waals surface area contributed by atoms with Crippen molar-refractivity contribution in [3.8, 4) is 5.75 Å². The van der Waals surface area contributed by atoms with Crippen molar-refractivity contribution < 1.29 is 17.5 Å². The molecule has 3 N–H and O–H groups in total. The lowest BCUT2D eigenvalue weighted by atomic mass is 10.3. The Balaban J connectivity index is 2.37. The number of hydrogen-bond acceptors (Lipinski definition) is 4. The Labute approximate surface area is 126 Å². The fraction of sp³-hybridized carbons (Fsp3) is 0.0769. The smallest absolute Gasteiger partial charge is 0.263 e. The highest BCUT2D eigenvalue weighted by Gasteiger charge is 2.18. The Kier molecular flexibility index (Phi) is 4.24. The van der Waals surface area contributed by atoms with Gasteiger partial charge in [-0.25, -0.2) is 12.8 Å². The summed E-state index contributed by atoms with van der Waals surface area (Å²) >= 11 is 5.73. The second-order valence-corrected chi connectivity index (χ2v) is 6.22. The number of hydrogen-bond donors (Lipinski definition) is 2. The first-order chi connectivity index (χ1) is 9.83. The van der Waals surface area contributed by atoms with Crippen molar-refractivity contribution in [2.75, 3.05) is 17.6 Å². The van der Waals surface area contributed by atoms with Gasteiger partial charge in [0.2, 0.25) is 0 Å². The fourth-order valence-electron chi connectivity index (χ4n) is 1.70. The van der Waals surface area contributed by atoms with Crippen molar-refractivity contribution in [1.29, 1.82) is 0 Å². The number of methoxy groups -OCH3 is 1. The summed E-state index contributed by atoms with van der Waals surface area (Å²) in [4.78, 5) is -0.116. The average Bonchev–Trinajstić information content (AvgIpc) is 2.40. The maximum Gasteiger partial charge on any atom is 0.263 e. The van der Waals surface area contributed by atoms with Crippen LogP contribution in [0.2, 0.25) is 5.02 Å². The van der Waals surface area contributed by atoms with Gasteiger partial charge in [0.1, 0.15) is 4.90 Å². The van der Waals surface area contributed by atoms with E-state index in [0.29, 0.717) is 5.02 Å². The van der Waals surface area contributed by atoms with Crippen LogP contribution in [-0.4, -0.2) is 15.5 Å². The summed E-state index contributed by atoms with van der Waals surface area (Å²) < 4.78 is 44.9. The van der Waals surface area contributed by atoms with Crippen LogP contribution >= 0.6 is 11.6 Å². The molecule has 0 saturated heterocycles. The Morgan fingerprint density at radius 2 is 1.95 bits per heavy atom. The molecule has 0 aliphatic carbocycles. The van der Waals surface area contributed by atoms with E-state index in [0.717, 1.165) is 6.07 Å². The number of nitrogens with one attached hydrogen (secondary N) is 1. The van der Waals surface area contributed by atoms with Gasteiger partial charge < -0.3 is 10.5 Å². The molecule has 2 aromatic rings. The number of benzene rings is 2. The van der Waals surface area contributed by atoms with E-state index in [1.165, 1.54) is 37.4 Å². The molecule has 0 spiro atoms. The molecule has 0 aliphatic heterocycles. The summed E-state index contributed by atoms with van der Waals surface area (Å²) in [7, 11) is -2.62. The molecule has 0 aliphatic rings. The van der Waals surface area contributed by atoms with Crippen LogP contribution in [0.5, 0.6) is 5.75 Å². The van der Waals surface area contributed by atoms with Crippen molar-refractivity contribution in [1.82, 2.24) is 0 Å². The van der Waals surface area contributed by atoms with E-state index in [1.54, 1.807) is 0 Å². The number of nitrogens with two attached hydrogens (primary N) is 1. The number of anilines is 2. The van der Waals surface area contributed by atoms with E-state index >= 15 is 0 Å². The maximum absolute atomic E-state index is 13.3. The van der Waals surface area contributed by atoms with Crippen LogP contribution in [0, 0.1) is 5.82 Å². The molecule has 2 rings (SSSR count). The zero-order valence-corrected chi connectivity index (χ0v) is 12.5. The van der Waals surface area contributed by atoms with Crippen molar-refractivity contribution in [2.24, 2.45) is 0 Å². The third-order valence-electron chi connectivity index (χ3n) is 2.66. The number of nitrogen functional groups attached to an aromatic ring is 1. The molecule has 2 aromatic carbocycles. The molecule has 0 bridgehead atoms. The van der Waals surface area contributed by atoms with Crippen LogP contribution in [0.1, 0.15) is 0 Å². The van der Waals surface area contributed by atoms with Crippen LogP contribution in [0.3, 0.4) is 0 Å². The third kappa shape index (κ3) is 3.37. The van der Waals surface area contributed by atoms with Crippen molar-refractivity contribution in [2.45, 2.75) is 4.90 Å². The number of rotatable bonds is 4. The molecule has 0 heterocycles.